The minimum atomic E-state index is 0.213. The van der Waals surface area contributed by atoms with Crippen molar-refractivity contribution in [2.45, 2.75) is 51.2 Å². The molecule has 1 aliphatic rings. The van der Waals surface area contributed by atoms with Gasteiger partial charge in [0.25, 0.3) is 0 Å². The largest absolute Gasteiger partial charge is 0.490 e. The van der Waals surface area contributed by atoms with Crippen LogP contribution in [0.4, 0.5) is 0 Å². The summed E-state index contributed by atoms with van der Waals surface area (Å²) < 4.78 is 5.97. The Morgan fingerprint density at radius 1 is 1.06 bits per heavy atom. The van der Waals surface area contributed by atoms with Gasteiger partial charge in [-0.05, 0) is 50.0 Å². The number of hydrogen-bond acceptors (Lipinski definition) is 2. The summed E-state index contributed by atoms with van der Waals surface area (Å²) >= 11 is 0. The zero-order valence-corrected chi connectivity index (χ0v) is 12.2. The molecule has 1 aliphatic carbocycles. The topological polar surface area (TPSA) is 12.5 Å². The standard InChI is InChI=1S/C16H25NO/c1-16(2,3)12-6-8-14(9-7-12)18-15-10-13(11-15)17(4)5/h6-9,13,15H,10-11H2,1-5H3. The van der Waals surface area contributed by atoms with E-state index in [9.17, 15) is 0 Å². The van der Waals surface area contributed by atoms with Crippen molar-refractivity contribution >= 4 is 0 Å². The van der Waals surface area contributed by atoms with Crippen LogP contribution in [-0.2, 0) is 5.41 Å². The highest BCUT2D eigenvalue weighted by Crippen LogP contribution is 2.30. The van der Waals surface area contributed by atoms with E-state index in [0.29, 0.717) is 12.1 Å². The molecule has 0 radical (unpaired) electrons. The molecular formula is C16H25NO. The summed E-state index contributed by atoms with van der Waals surface area (Å²) in [6.07, 6.45) is 2.69. The second kappa shape index (κ2) is 4.93. The molecule has 1 aromatic rings. The number of hydrogen-bond donors (Lipinski definition) is 0. The van der Waals surface area contributed by atoms with Gasteiger partial charge in [-0.3, -0.25) is 0 Å². The lowest BCUT2D eigenvalue weighted by Gasteiger charge is -2.39. The third-order valence-corrected chi connectivity index (χ3v) is 3.82. The fourth-order valence-corrected chi connectivity index (χ4v) is 2.28. The third-order valence-electron chi connectivity index (χ3n) is 3.82. The van der Waals surface area contributed by atoms with Crippen LogP contribution >= 0.6 is 0 Å². The van der Waals surface area contributed by atoms with E-state index in [1.54, 1.807) is 0 Å². The number of nitrogens with zero attached hydrogens (tertiary/aromatic N) is 1. The first kappa shape index (κ1) is 13.4. The summed E-state index contributed by atoms with van der Waals surface area (Å²) in [4.78, 5) is 2.28. The molecule has 0 aliphatic heterocycles. The first-order chi connectivity index (χ1) is 8.36. The first-order valence-corrected chi connectivity index (χ1v) is 6.80. The van der Waals surface area contributed by atoms with Crippen LogP contribution in [-0.4, -0.2) is 31.1 Å². The quantitative estimate of drug-likeness (QED) is 0.811. The van der Waals surface area contributed by atoms with Crippen molar-refractivity contribution in [2.24, 2.45) is 0 Å². The van der Waals surface area contributed by atoms with E-state index in [2.05, 4.69) is 64.0 Å². The second-order valence-electron chi connectivity index (χ2n) is 6.60. The summed E-state index contributed by atoms with van der Waals surface area (Å²) in [5.41, 5.74) is 1.57. The molecule has 0 unspecified atom stereocenters. The molecule has 2 nitrogen and oxygen atoms in total. The lowest BCUT2D eigenvalue weighted by atomic mass is 9.87. The van der Waals surface area contributed by atoms with Crippen LogP contribution in [0, 0.1) is 0 Å². The van der Waals surface area contributed by atoms with Crippen LogP contribution in [0.1, 0.15) is 39.2 Å². The molecule has 0 spiro atoms. The monoisotopic (exact) mass is 247 g/mol. The maximum absolute atomic E-state index is 5.97. The molecule has 0 atom stereocenters. The Hall–Kier alpha value is -1.02. The molecule has 1 saturated carbocycles. The molecular weight excluding hydrogens is 222 g/mol. The van der Waals surface area contributed by atoms with E-state index >= 15 is 0 Å². The van der Waals surface area contributed by atoms with Gasteiger partial charge in [0.1, 0.15) is 11.9 Å². The average Bonchev–Trinajstić information content (AvgIpc) is 2.21. The van der Waals surface area contributed by atoms with Gasteiger partial charge in [-0.25, -0.2) is 0 Å². The number of rotatable bonds is 3. The van der Waals surface area contributed by atoms with E-state index in [0.717, 1.165) is 18.6 Å². The molecule has 18 heavy (non-hydrogen) atoms. The van der Waals surface area contributed by atoms with Gasteiger partial charge >= 0.3 is 0 Å². The van der Waals surface area contributed by atoms with E-state index in [1.807, 2.05) is 0 Å². The van der Waals surface area contributed by atoms with Gasteiger partial charge in [-0.1, -0.05) is 32.9 Å². The summed E-state index contributed by atoms with van der Waals surface area (Å²) in [5, 5.41) is 0. The Kier molecular flexibility index (Phi) is 3.67. The van der Waals surface area contributed by atoms with Crippen LogP contribution in [0.25, 0.3) is 0 Å². The van der Waals surface area contributed by atoms with E-state index < -0.39 is 0 Å². The predicted octanol–water partition coefficient (Wildman–Crippen LogP) is 3.46. The van der Waals surface area contributed by atoms with Crippen molar-refractivity contribution in [3.05, 3.63) is 29.8 Å². The fraction of sp³-hybridized carbons (Fsp3) is 0.625. The van der Waals surface area contributed by atoms with Crippen molar-refractivity contribution in [1.82, 2.24) is 4.90 Å². The Morgan fingerprint density at radius 2 is 1.61 bits per heavy atom. The molecule has 2 rings (SSSR count). The number of benzene rings is 1. The normalized spacial score (nSPS) is 23.9. The zero-order valence-electron chi connectivity index (χ0n) is 12.2. The maximum atomic E-state index is 5.97. The van der Waals surface area contributed by atoms with Gasteiger partial charge < -0.3 is 9.64 Å². The third kappa shape index (κ3) is 3.05. The van der Waals surface area contributed by atoms with Gasteiger partial charge in [-0.15, -0.1) is 0 Å². The zero-order chi connectivity index (χ0) is 13.3. The highest BCUT2D eigenvalue weighted by molar-refractivity contribution is 5.31. The molecule has 1 aromatic carbocycles. The van der Waals surface area contributed by atoms with Crippen LogP contribution in [0.15, 0.2) is 24.3 Å². The molecule has 100 valence electrons. The molecule has 0 bridgehead atoms. The van der Waals surface area contributed by atoms with Gasteiger partial charge in [0, 0.05) is 6.04 Å². The van der Waals surface area contributed by atoms with Crippen LogP contribution in [0.2, 0.25) is 0 Å². The minimum Gasteiger partial charge on any atom is -0.490 e. The molecule has 0 saturated heterocycles. The Morgan fingerprint density at radius 3 is 2.06 bits per heavy atom. The Labute approximate surface area is 111 Å². The van der Waals surface area contributed by atoms with Crippen molar-refractivity contribution in [3.8, 4) is 5.75 Å². The van der Waals surface area contributed by atoms with Gasteiger partial charge in [-0.2, -0.15) is 0 Å². The van der Waals surface area contributed by atoms with Crippen molar-refractivity contribution < 1.29 is 4.74 Å². The summed E-state index contributed by atoms with van der Waals surface area (Å²) in [6, 6.07) is 9.26. The van der Waals surface area contributed by atoms with Crippen molar-refractivity contribution in [1.29, 1.82) is 0 Å². The van der Waals surface area contributed by atoms with E-state index in [-0.39, 0.29) is 5.41 Å². The molecule has 0 N–H and O–H groups in total. The Bertz CT molecular complexity index is 383. The van der Waals surface area contributed by atoms with Gasteiger partial charge in [0.15, 0.2) is 0 Å². The summed E-state index contributed by atoms with van der Waals surface area (Å²) in [7, 11) is 4.28. The predicted molar refractivity (Wildman–Crippen MR) is 76.3 cm³/mol. The van der Waals surface area contributed by atoms with Crippen molar-refractivity contribution in [2.75, 3.05) is 14.1 Å². The second-order valence-corrected chi connectivity index (χ2v) is 6.60. The molecule has 1 fully saturated rings. The molecule has 0 heterocycles. The minimum absolute atomic E-state index is 0.213. The molecule has 0 amide bonds. The first-order valence-electron chi connectivity index (χ1n) is 6.80. The van der Waals surface area contributed by atoms with Crippen LogP contribution in [0.3, 0.4) is 0 Å². The Balaban J connectivity index is 1.89. The lowest BCUT2D eigenvalue weighted by molar-refractivity contribution is 0.0401. The van der Waals surface area contributed by atoms with Crippen LogP contribution in [0.5, 0.6) is 5.75 Å². The summed E-state index contributed by atoms with van der Waals surface area (Å²) in [5.74, 6) is 1.00. The maximum Gasteiger partial charge on any atom is 0.119 e. The summed E-state index contributed by atoms with van der Waals surface area (Å²) in [6.45, 7) is 6.70. The van der Waals surface area contributed by atoms with Crippen LogP contribution < -0.4 is 4.74 Å². The molecule has 0 aromatic heterocycles. The van der Waals surface area contributed by atoms with E-state index in [1.165, 1.54) is 5.56 Å². The average molecular weight is 247 g/mol. The fourth-order valence-electron chi connectivity index (χ4n) is 2.28. The van der Waals surface area contributed by atoms with Crippen molar-refractivity contribution in [3.63, 3.8) is 0 Å². The SMILES string of the molecule is CN(C)C1CC(Oc2ccc(C(C)(C)C)cc2)C1. The highest BCUT2D eigenvalue weighted by atomic mass is 16.5. The molecule has 2 heteroatoms. The number of ether oxygens (including phenoxy) is 1. The van der Waals surface area contributed by atoms with Gasteiger partial charge in [0.05, 0.1) is 0 Å². The van der Waals surface area contributed by atoms with E-state index in [4.69, 9.17) is 4.74 Å². The van der Waals surface area contributed by atoms with Gasteiger partial charge in [0.2, 0.25) is 0 Å². The smallest absolute Gasteiger partial charge is 0.119 e. The highest BCUT2D eigenvalue weighted by Gasteiger charge is 2.32. The lowest BCUT2D eigenvalue weighted by Crippen LogP contribution is -2.46.